The van der Waals surface area contributed by atoms with E-state index >= 15 is 0 Å². The van der Waals surface area contributed by atoms with Gasteiger partial charge in [0, 0.05) is 26.7 Å². The van der Waals surface area contributed by atoms with E-state index < -0.39 is 0 Å². The largest absolute Gasteiger partial charge is 0.396 e. The summed E-state index contributed by atoms with van der Waals surface area (Å²) in [6.45, 7) is 3.28. The van der Waals surface area contributed by atoms with Crippen LogP contribution in [0.15, 0.2) is 12.1 Å². The van der Waals surface area contributed by atoms with Crippen molar-refractivity contribution >= 4 is 23.1 Å². The molecule has 96 valence electrons. The van der Waals surface area contributed by atoms with Gasteiger partial charge >= 0.3 is 0 Å². The van der Waals surface area contributed by atoms with Gasteiger partial charge in [0.05, 0.1) is 12.3 Å². The smallest absolute Gasteiger partial charge is 0.151 e. The monoisotopic (exact) mass is 258 g/mol. The number of nitrogen functional groups attached to an aromatic ring is 1. The summed E-state index contributed by atoms with van der Waals surface area (Å²) in [6, 6.07) is 3.42. The zero-order valence-corrected chi connectivity index (χ0v) is 11.0. The van der Waals surface area contributed by atoms with Gasteiger partial charge in [-0.05, 0) is 19.2 Å². The Bertz CT molecular complexity index is 348. The lowest BCUT2D eigenvalue weighted by atomic mass is 10.4. The van der Waals surface area contributed by atoms with Crippen LogP contribution in [0.5, 0.6) is 0 Å². The lowest BCUT2D eigenvalue weighted by Gasteiger charge is -2.16. The third kappa shape index (κ3) is 5.21. The van der Waals surface area contributed by atoms with Gasteiger partial charge in [-0.1, -0.05) is 11.6 Å². The Morgan fingerprint density at radius 2 is 2.24 bits per heavy atom. The fourth-order valence-electron chi connectivity index (χ4n) is 1.31. The van der Waals surface area contributed by atoms with Crippen molar-refractivity contribution in [2.24, 2.45) is 0 Å². The van der Waals surface area contributed by atoms with E-state index in [1.54, 1.807) is 19.2 Å². The molecule has 0 radical (unpaired) electrons. The first-order valence-electron chi connectivity index (χ1n) is 5.47. The molecule has 17 heavy (non-hydrogen) atoms. The summed E-state index contributed by atoms with van der Waals surface area (Å²) in [4.78, 5) is 6.28. The molecule has 0 saturated heterocycles. The van der Waals surface area contributed by atoms with Gasteiger partial charge in [0.15, 0.2) is 5.82 Å². The number of rotatable bonds is 7. The zero-order chi connectivity index (χ0) is 12.7. The summed E-state index contributed by atoms with van der Waals surface area (Å²) in [5.74, 6) is 0.637. The van der Waals surface area contributed by atoms with Crippen LogP contribution in [0, 0.1) is 0 Å². The minimum absolute atomic E-state index is 0.439. The molecule has 1 heterocycles. The van der Waals surface area contributed by atoms with Gasteiger partial charge in [0.25, 0.3) is 0 Å². The molecule has 6 heteroatoms. The Morgan fingerprint density at radius 1 is 1.47 bits per heavy atom. The van der Waals surface area contributed by atoms with Gasteiger partial charge < -0.3 is 20.7 Å². The number of methoxy groups -OCH3 is 1. The number of nitrogens with two attached hydrogens (primary N) is 1. The van der Waals surface area contributed by atoms with Crippen LogP contribution in [0.1, 0.15) is 0 Å². The fourth-order valence-corrected chi connectivity index (χ4v) is 1.46. The predicted octanol–water partition coefficient (Wildman–Crippen LogP) is 1.31. The Balaban J connectivity index is 2.32. The number of pyridine rings is 1. The Labute approximate surface area is 107 Å². The van der Waals surface area contributed by atoms with Gasteiger partial charge in [-0.25, -0.2) is 4.98 Å². The highest BCUT2D eigenvalue weighted by atomic mass is 35.5. The van der Waals surface area contributed by atoms with Crippen LogP contribution in [0.25, 0.3) is 0 Å². The SMILES string of the molecule is COCCN(C)CCNc1nc(Cl)ccc1N. The second kappa shape index (κ2) is 7.32. The molecule has 1 aromatic rings. The van der Waals surface area contributed by atoms with E-state index in [1.807, 2.05) is 7.05 Å². The molecule has 0 atom stereocenters. The van der Waals surface area contributed by atoms with Crippen molar-refractivity contribution in [1.29, 1.82) is 0 Å². The van der Waals surface area contributed by atoms with Crippen molar-refractivity contribution in [1.82, 2.24) is 9.88 Å². The Kier molecular flexibility index (Phi) is 6.04. The van der Waals surface area contributed by atoms with Crippen LogP contribution >= 0.6 is 11.6 Å². The third-order valence-electron chi connectivity index (χ3n) is 2.36. The maximum absolute atomic E-state index is 5.79. The molecule has 5 nitrogen and oxygen atoms in total. The number of nitrogens with one attached hydrogen (secondary N) is 1. The van der Waals surface area contributed by atoms with Gasteiger partial charge in [0.1, 0.15) is 5.15 Å². The maximum Gasteiger partial charge on any atom is 0.151 e. The molecular weight excluding hydrogens is 240 g/mol. The minimum atomic E-state index is 0.439. The first kappa shape index (κ1) is 14.0. The van der Waals surface area contributed by atoms with Crippen LogP contribution in [-0.4, -0.2) is 50.3 Å². The van der Waals surface area contributed by atoms with Crippen molar-refractivity contribution in [3.8, 4) is 0 Å². The Morgan fingerprint density at radius 3 is 2.94 bits per heavy atom. The molecule has 0 bridgehead atoms. The molecule has 0 aliphatic carbocycles. The highest BCUT2D eigenvalue weighted by Gasteiger charge is 2.02. The molecule has 0 unspecified atom stereocenters. The first-order chi connectivity index (χ1) is 8.13. The van der Waals surface area contributed by atoms with Gasteiger partial charge in [-0.2, -0.15) is 0 Å². The molecule has 1 aromatic heterocycles. The second-order valence-electron chi connectivity index (χ2n) is 3.79. The van der Waals surface area contributed by atoms with Gasteiger partial charge in [-0.15, -0.1) is 0 Å². The van der Waals surface area contributed by atoms with E-state index in [0.29, 0.717) is 16.7 Å². The number of halogens is 1. The summed E-state index contributed by atoms with van der Waals surface area (Å²) in [5.41, 5.74) is 6.37. The summed E-state index contributed by atoms with van der Waals surface area (Å²) < 4.78 is 5.00. The van der Waals surface area contributed by atoms with E-state index in [-0.39, 0.29) is 0 Å². The number of ether oxygens (including phenoxy) is 1. The number of hydrogen-bond donors (Lipinski definition) is 2. The number of likely N-dealkylation sites (N-methyl/N-ethyl adjacent to an activating group) is 1. The molecule has 0 fully saturated rings. The molecule has 1 rings (SSSR count). The van der Waals surface area contributed by atoms with Crippen LogP contribution < -0.4 is 11.1 Å². The molecule has 0 amide bonds. The van der Waals surface area contributed by atoms with Gasteiger partial charge in [-0.3, -0.25) is 0 Å². The quantitative estimate of drug-likeness (QED) is 0.722. The fraction of sp³-hybridized carbons (Fsp3) is 0.545. The second-order valence-corrected chi connectivity index (χ2v) is 4.18. The third-order valence-corrected chi connectivity index (χ3v) is 2.57. The van der Waals surface area contributed by atoms with Crippen LogP contribution in [-0.2, 0) is 4.74 Å². The number of anilines is 2. The number of nitrogens with zero attached hydrogens (tertiary/aromatic N) is 2. The minimum Gasteiger partial charge on any atom is -0.396 e. The van der Waals surface area contributed by atoms with Crippen molar-refractivity contribution in [2.45, 2.75) is 0 Å². The number of hydrogen-bond acceptors (Lipinski definition) is 5. The molecule has 0 saturated carbocycles. The first-order valence-corrected chi connectivity index (χ1v) is 5.84. The normalized spacial score (nSPS) is 10.8. The summed E-state index contributed by atoms with van der Waals surface area (Å²) in [5, 5.41) is 3.60. The number of aromatic nitrogens is 1. The molecule has 0 spiro atoms. The lowest BCUT2D eigenvalue weighted by molar-refractivity contribution is 0.163. The highest BCUT2D eigenvalue weighted by Crippen LogP contribution is 2.17. The Hall–Kier alpha value is -1.04. The van der Waals surface area contributed by atoms with Crippen molar-refractivity contribution in [3.63, 3.8) is 0 Å². The van der Waals surface area contributed by atoms with E-state index in [0.717, 1.165) is 26.2 Å². The lowest BCUT2D eigenvalue weighted by Crippen LogP contribution is -2.28. The standard InChI is InChI=1S/C11H19ClN4O/c1-16(7-8-17-2)6-5-14-11-9(13)3-4-10(12)15-11/h3-4H,5-8,13H2,1-2H3,(H,14,15). The topological polar surface area (TPSA) is 63.4 Å². The van der Waals surface area contributed by atoms with Crippen LogP contribution in [0.3, 0.4) is 0 Å². The van der Waals surface area contributed by atoms with Crippen molar-refractivity contribution in [2.75, 3.05) is 51.4 Å². The summed E-state index contributed by atoms with van der Waals surface area (Å²) in [6.07, 6.45) is 0. The van der Waals surface area contributed by atoms with Crippen molar-refractivity contribution < 1.29 is 4.74 Å². The zero-order valence-electron chi connectivity index (χ0n) is 10.2. The summed E-state index contributed by atoms with van der Waals surface area (Å²) in [7, 11) is 3.73. The van der Waals surface area contributed by atoms with E-state index in [2.05, 4.69) is 15.2 Å². The van der Waals surface area contributed by atoms with Gasteiger partial charge in [0.2, 0.25) is 0 Å². The van der Waals surface area contributed by atoms with E-state index in [1.165, 1.54) is 0 Å². The molecular formula is C11H19ClN4O. The van der Waals surface area contributed by atoms with Crippen molar-refractivity contribution in [3.05, 3.63) is 17.3 Å². The maximum atomic E-state index is 5.79. The predicted molar refractivity (Wildman–Crippen MR) is 71.5 cm³/mol. The average molecular weight is 259 g/mol. The van der Waals surface area contributed by atoms with E-state index in [9.17, 15) is 0 Å². The molecule has 3 N–H and O–H groups in total. The van der Waals surface area contributed by atoms with E-state index in [4.69, 9.17) is 22.1 Å². The summed E-state index contributed by atoms with van der Waals surface area (Å²) >= 11 is 5.79. The van der Waals surface area contributed by atoms with Crippen LogP contribution in [0.4, 0.5) is 11.5 Å². The molecule has 0 aliphatic heterocycles. The van der Waals surface area contributed by atoms with Crippen LogP contribution in [0.2, 0.25) is 5.15 Å². The molecule has 0 aromatic carbocycles. The average Bonchev–Trinajstić information content (AvgIpc) is 2.31. The highest BCUT2D eigenvalue weighted by molar-refractivity contribution is 6.29. The molecule has 0 aliphatic rings.